The molecule has 182 valence electrons. The minimum atomic E-state index is -1.69. The Morgan fingerprint density at radius 3 is 2.26 bits per heavy atom. The van der Waals surface area contributed by atoms with Crippen LogP contribution in [0.3, 0.4) is 0 Å². The predicted molar refractivity (Wildman–Crippen MR) is 124 cm³/mol. The van der Waals surface area contributed by atoms with Crippen LogP contribution in [0.4, 0.5) is 15.3 Å². The van der Waals surface area contributed by atoms with Crippen molar-refractivity contribution in [1.29, 1.82) is 5.26 Å². The van der Waals surface area contributed by atoms with E-state index in [1.807, 2.05) is 6.07 Å². The lowest BCUT2D eigenvalue weighted by Crippen LogP contribution is -2.44. The number of anilines is 1. The van der Waals surface area contributed by atoms with E-state index in [4.69, 9.17) is 5.26 Å². The molecule has 13 heteroatoms. The van der Waals surface area contributed by atoms with Gasteiger partial charge >= 0.3 is 12.2 Å². The smallest absolute Gasteiger partial charge is 0.436 e. The molecule has 1 atom stereocenters. The Morgan fingerprint density at radius 1 is 1.03 bits per heavy atom. The van der Waals surface area contributed by atoms with Crippen LogP contribution in [0.15, 0.2) is 57.2 Å². The molecule has 0 heterocycles. The number of guanidine groups is 1. The summed E-state index contributed by atoms with van der Waals surface area (Å²) in [7, 11) is 2.12. The number of aliphatic imine (C=N–C) groups is 1. The highest BCUT2D eigenvalue weighted by Crippen LogP contribution is 2.26. The minimum Gasteiger partial charge on any atom is -0.606 e. The van der Waals surface area contributed by atoms with Gasteiger partial charge in [-0.3, -0.25) is 20.2 Å². The summed E-state index contributed by atoms with van der Waals surface area (Å²) in [6.45, 7) is 1.61. The van der Waals surface area contributed by atoms with Crippen molar-refractivity contribution < 1.29 is 33.2 Å². The van der Waals surface area contributed by atoms with Crippen LogP contribution in [0, 0.1) is 11.3 Å². The number of amides is 4. The predicted octanol–water partition coefficient (Wildman–Crippen LogP) is 2.28. The summed E-state index contributed by atoms with van der Waals surface area (Å²) in [6.07, 6.45) is -2.02. The fraction of sp³-hybridized carbons (Fsp3) is 0.182. The van der Waals surface area contributed by atoms with Crippen LogP contribution in [0.2, 0.25) is 0 Å². The average molecular weight is 500 g/mol. The first-order chi connectivity index (χ1) is 16.7. The number of carbonyl (C=O) groups excluding carboxylic acids is 4. The van der Waals surface area contributed by atoms with Crippen molar-refractivity contribution in [3.05, 3.63) is 53.6 Å². The quantitative estimate of drug-likeness (QED) is 0.318. The number of rotatable bonds is 5. The molecule has 0 saturated carbocycles. The Hall–Kier alpha value is -4.41. The van der Waals surface area contributed by atoms with E-state index in [1.54, 1.807) is 6.92 Å². The molecule has 0 aliphatic carbocycles. The maximum atomic E-state index is 13.0. The van der Waals surface area contributed by atoms with E-state index in [0.717, 1.165) is 14.2 Å². The molecule has 0 aliphatic heterocycles. The number of nitrogens with one attached hydrogen (secondary N) is 3. The highest BCUT2D eigenvalue weighted by atomic mass is 32.2. The van der Waals surface area contributed by atoms with E-state index in [0.29, 0.717) is 10.5 Å². The van der Waals surface area contributed by atoms with Crippen molar-refractivity contribution in [1.82, 2.24) is 10.6 Å². The van der Waals surface area contributed by atoms with Crippen LogP contribution < -0.4 is 16.0 Å². The van der Waals surface area contributed by atoms with Crippen LogP contribution in [-0.2, 0) is 25.4 Å². The largest absolute Gasteiger partial charge is 0.606 e. The zero-order valence-corrected chi connectivity index (χ0v) is 19.7. The molecule has 4 amide bonds. The summed E-state index contributed by atoms with van der Waals surface area (Å²) in [5, 5.41) is 15.8. The van der Waals surface area contributed by atoms with Gasteiger partial charge in [-0.05, 0) is 36.4 Å². The maximum absolute atomic E-state index is 13.0. The Kier molecular flexibility index (Phi) is 9.76. The number of hydrogen-bond acceptors (Lipinski definition) is 8. The second kappa shape index (κ2) is 12.7. The third-order valence-corrected chi connectivity index (χ3v) is 5.64. The molecule has 35 heavy (non-hydrogen) atoms. The number of benzene rings is 2. The van der Waals surface area contributed by atoms with E-state index in [2.05, 4.69) is 30.4 Å². The fourth-order valence-electron chi connectivity index (χ4n) is 2.51. The molecule has 0 saturated heterocycles. The van der Waals surface area contributed by atoms with E-state index in [9.17, 15) is 23.7 Å². The summed E-state index contributed by atoms with van der Waals surface area (Å²) in [5.74, 6) is -1.85. The second-order valence-electron chi connectivity index (χ2n) is 6.52. The number of alkyl carbamates (subject to hydrolysis) is 1. The first-order valence-electron chi connectivity index (χ1n) is 9.91. The van der Waals surface area contributed by atoms with Crippen LogP contribution in [0.1, 0.15) is 29.3 Å². The summed E-state index contributed by atoms with van der Waals surface area (Å²) in [4.78, 5) is 52.1. The summed E-state index contributed by atoms with van der Waals surface area (Å²) < 4.78 is 21.8. The lowest BCUT2D eigenvalue weighted by Gasteiger charge is -2.15. The number of nitrogens with zero attached hydrogens (tertiary/aromatic N) is 2. The SMILES string of the molecule is CCC(=O)Nc1cc([S+]([O-])c2ccc(C#N)cc2)ccc1C(=O)NC(=NC(=O)OC)NC(=O)OC. The molecule has 2 aromatic carbocycles. The first kappa shape index (κ1) is 26.8. The van der Waals surface area contributed by atoms with Gasteiger partial charge in [-0.1, -0.05) is 6.92 Å². The Bertz CT molecular complexity index is 1190. The monoisotopic (exact) mass is 499 g/mol. The van der Waals surface area contributed by atoms with Crippen molar-refractivity contribution >= 4 is 46.8 Å². The minimum absolute atomic E-state index is 0.0318. The van der Waals surface area contributed by atoms with Gasteiger partial charge < -0.3 is 19.3 Å². The van der Waals surface area contributed by atoms with Gasteiger partial charge in [-0.2, -0.15) is 5.26 Å². The van der Waals surface area contributed by atoms with Crippen LogP contribution in [0.25, 0.3) is 0 Å². The number of hydrogen-bond donors (Lipinski definition) is 3. The molecular formula is C22H21N5O7S. The van der Waals surface area contributed by atoms with Crippen LogP contribution in [0.5, 0.6) is 0 Å². The fourth-order valence-corrected chi connectivity index (χ4v) is 3.59. The molecule has 0 fully saturated rings. The molecule has 0 aromatic heterocycles. The highest BCUT2D eigenvalue weighted by molar-refractivity contribution is 7.91. The number of carbonyl (C=O) groups is 4. The van der Waals surface area contributed by atoms with Gasteiger partial charge in [0.05, 0.1) is 37.1 Å². The van der Waals surface area contributed by atoms with Crippen LogP contribution >= 0.6 is 0 Å². The highest BCUT2D eigenvalue weighted by Gasteiger charge is 2.22. The Morgan fingerprint density at radius 2 is 1.69 bits per heavy atom. The van der Waals surface area contributed by atoms with Gasteiger partial charge in [0.25, 0.3) is 5.91 Å². The Balaban J connectivity index is 2.41. The topological polar surface area (TPSA) is 182 Å². The molecule has 0 aliphatic rings. The Labute approximate surface area is 203 Å². The molecule has 12 nitrogen and oxygen atoms in total. The van der Waals surface area contributed by atoms with E-state index in [1.165, 1.54) is 42.5 Å². The molecule has 2 aromatic rings. The number of ether oxygens (including phenoxy) is 2. The van der Waals surface area contributed by atoms with Gasteiger partial charge in [0.1, 0.15) is 0 Å². The van der Waals surface area contributed by atoms with E-state index < -0.39 is 41.1 Å². The molecule has 0 spiro atoms. The van der Waals surface area contributed by atoms with Crippen molar-refractivity contribution in [3.8, 4) is 6.07 Å². The molecular weight excluding hydrogens is 478 g/mol. The van der Waals surface area contributed by atoms with Crippen molar-refractivity contribution in [3.63, 3.8) is 0 Å². The third kappa shape index (κ3) is 7.56. The van der Waals surface area contributed by atoms with Gasteiger partial charge in [-0.15, -0.1) is 4.99 Å². The zero-order chi connectivity index (χ0) is 26.0. The molecule has 0 radical (unpaired) electrons. The number of nitriles is 1. The van der Waals surface area contributed by atoms with Gasteiger partial charge in [0, 0.05) is 23.7 Å². The molecule has 0 bridgehead atoms. The molecule has 1 unspecified atom stereocenters. The number of methoxy groups -OCH3 is 2. The van der Waals surface area contributed by atoms with Crippen molar-refractivity contribution in [2.24, 2.45) is 4.99 Å². The summed E-state index contributed by atoms with van der Waals surface area (Å²) in [5.41, 5.74) is 0.361. The second-order valence-corrected chi connectivity index (χ2v) is 8.00. The lowest BCUT2D eigenvalue weighted by molar-refractivity contribution is -0.115. The first-order valence-corrected chi connectivity index (χ1v) is 11.1. The van der Waals surface area contributed by atoms with E-state index in [-0.39, 0.29) is 22.6 Å². The standard InChI is InChI=1S/C22H21N5O7S/c1-4-18(28)24-17-11-15(35(32)14-7-5-13(12-23)6-8-14)9-10-16(17)19(29)25-20(26-21(30)33-2)27-22(31)34-3/h5-11H,4H2,1-3H3,(H,24,28)(H2,25,26,27,29,30,31). The zero-order valence-electron chi connectivity index (χ0n) is 18.9. The van der Waals surface area contributed by atoms with E-state index >= 15 is 0 Å². The molecule has 3 N–H and O–H groups in total. The van der Waals surface area contributed by atoms with Gasteiger partial charge in [0.15, 0.2) is 9.79 Å². The average Bonchev–Trinajstić information content (AvgIpc) is 2.87. The van der Waals surface area contributed by atoms with Crippen LogP contribution in [-0.4, -0.2) is 48.7 Å². The third-order valence-electron chi connectivity index (χ3n) is 4.26. The lowest BCUT2D eigenvalue weighted by atomic mass is 10.1. The molecule has 2 rings (SSSR count). The van der Waals surface area contributed by atoms with Crippen molar-refractivity contribution in [2.45, 2.75) is 23.1 Å². The van der Waals surface area contributed by atoms with Crippen molar-refractivity contribution in [2.75, 3.05) is 19.5 Å². The summed E-state index contributed by atoms with van der Waals surface area (Å²) in [6, 6.07) is 12.2. The van der Waals surface area contributed by atoms with Gasteiger partial charge in [0.2, 0.25) is 11.9 Å². The maximum Gasteiger partial charge on any atom is 0.436 e. The van der Waals surface area contributed by atoms with Gasteiger partial charge in [-0.25, -0.2) is 9.59 Å². The normalized spacial score (nSPS) is 11.5. The summed E-state index contributed by atoms with van der Waals surface area (Å²) >= 11 is -1.69.